The Hall–Kier alpha value is -1.44. The first-order valence-corrected chi connectivity index (χ1v) is 5.97. The molecule has 1 heterocycles. The number of benzene rings is 1. The highest BCUT2D eigenvalue weighted by Crippen LogP contribution is 2.13. The van der Waals surface area contributed by atoms with Gasteiger partial charge in [0.15, 0.2) is 0 Å². The molecule has 0 atom stereocenters. The zero-order chi connectivity index (χ0) is 12.1. The summed E-state index contributed by atoms with van der Waals surface area (Å²) in [6.45, 7) is 2.47. The van der Waals surface area contributed by atoms with Crippen LogP contribution in [0.3, 0.4) is 0 Å². The lowest BCUT2D eigenvalue weighted by atomic mass is 10.1. The number of nitrogens with one attached hydrogen (secondary N) is 1. The Morgan fingerprint density at radius 2 is 2.06 bits per heavy atom. The summed E-state index contributed by atoms with van der Waals surface area (Å²) in [5, 5.41) is 10.9. The number of hydrogen-bond acceptors (Lipinski definition) is 3. The van der Waals surface area contributed by atoms with E-state index in [4.69, 9.17) is 5.26 Å². The maximum Gasteiger partial charge on any atom is 0.145 e. The number of piperidine rings is 1. The van der Waals surface area contributed by atoms with Gasteiger partial charge in [0, 0.05) is 25.2 Å². The number of hydrogen-bond donors (Lipinski definition) is 1. The fraction of sp³-hybridized carbons (Fsp3) is 0.462. The fourth-order valence-corrected chi connectivity index (χ4v) is 2.05. The Labute approximate surface area is 101 Å². The smallest absolute Gasteiger partial charge is 0.145 e. The molecule has 3 nitrogen and oxygen atoms in total. The average molecular weight is 233 g/mol. The minimum absolute atomic E-state index is 0.114. The predicted octanol–water partition coefficient (Wildman–Crippen LogP) is 2.19. The van der Waals surface area contributed by atoms with Crippen molar-refractivity contribution < 1.29 is 4.39 Å². The van der Waals surface area contributed by atoms with E-state index >= 15 is 0 Å². The van der Waals surface area contributed by atoms with Crippen LogP contribution in [-0.2, 0) is 6.54 Å². The Bertz CT molecular complexity index is 419. The van der Waals surface area contributed by atoms with Gasteiger partial charge in [-0.3, -0.25) is 5.43 Å². The molecule has 2 rings (SSSR count). The van der Waals surface area contributed by atoms with Gasteiger partial charge in [0.25, 0.3) is 0 Å². The largest absolute Gasteiger partial charge is 0.251 e. The third-order valence-electron chi connectivity index (χ3n) is 3.05. The van der Waals surface area contributed by atoms with Crippen molar-refractivity contribution in [1.29, 1.82) is 5.26 Å². The molecule has 0 spiro atoms. The van der Waals surface area contributed by atoms with E-state index in [1.54, 1.807) is 12.1 Å². The standard InChI is InChI=1S/C13H16FN3/c14-13-11(9-15)5-4-6-12(13)10-16-17-7-2-1-3-8-17/h4-6,16H,1-3,7-8,10H2. The minimum atomic E-state index is -0.403. The second-order valence-electron chi connectivity index (χ2n) is 4.27. The monoisotopic (exact) mass is 233 g/mol. The lowest BCUT2D eigenvalue weighted by Crippen LogP contribution is -2.41. The molecule has 0 bridgehead atoms. The SMILES string of the molecule is N#Cc1cccc(CNN2CCCCC2)c1F. The maximum absolute atomic E-state index is 13.7. The highest BCUT2D eigenvalue weighted by Gasteiger charge is 2.11. The van der Waals surface area contributed by atoms with Crippen molar-refractivity contribution in [1.82, 2.24) is 10.4 Å². The molecule has 1 aromatic carbocycles. The van der Waals surface area contributed by atoms with Gasteiger partial charge in [-0.05, 0) is 18.9 Å². The van der Waals surface area contributed by atoms with Crippen molar-refractivity contribution >= 4 is 0 Å². The maximum atomic E-state index is 13.7. The van der Waals surface area contributed by atoms with Gasteiger partial charge in [-0.25, -0.2) is 9.40 Å². The van der Waals surface area contributed by atoms with E-state index in [1.165, 1.54) is 25.3 Å². The van der Waals surface area contributed by atoms with E-state index in [2.05, 4.69) is 10.4 Å². The van der Waals surface area contributed by atoms with Gasteiger partial charge in [-0.1, -0.05) is 18.6 Å². The number of nitrogens with zero attached hydrogens (tertiary/aromatic N) is 2. The first-order valence-electron chi connectivity index (χ1n) is 5.97. The van der Waals surface area contributed by atoms with Crippen molar-refractivity contribution in [2.45, 2.75) is 25.8 Å². The molecule has 0 aromatic heterocycles. The summed E-state index contributed by atoms with van der Waals surface area (Å²) in [4.78, 5) is 0. The van der Waals surface area contributed by atoms with Crippen LogP contribution in [0.5, 0.6) is 0 Å². The van der Waals surface area contributed by atoms with E-state index in [0.29, 0.717) is 12.1 Å². The third-order valence-corrected chi connectivity index (χ3v) is 3.05. The first kappa shape index (κ1) is 12.0. The van der Waals surface area contributed by atoms with Gasteiger partial charge in [-0.15, -0.1) is 0 Å². The van der Waals surface area contributed by atoms with E-state index in [-0.39, 0.29) is 5.56 Å². The second kappa shape index (κ2) is 5.76. The van der Waals surface area contributed by atoms with Crippen molar-refractivity contribution in [3.63, 3.8) is 0 Å². The van der Waals surface area contributed by atoms with Crippen LogP contribution in [0.4, 0.5) is 4.39 Å². The zero-order valence-electron chi connectivity index (χ0n) is 9.75. The van der Waals surface area contributed by atoms with Crippen molar-refractivity contribution in [2.75, 3.05) is 13.1 Å². The molecule has 4 heteroatoms. The van der Waals surface area contributed by atoms with Crippen LogP contribution in [0.25, 0.3) is 0 Å². The van der Waals surface area contributed by atoms with Gasteiger partial charge in [0.1, 0.15) is 11.9 Å². The Kier molecular flexibility index (Phi) is 4.08. The summed E-state index contributed by atoms with van der Waals surface area (Å²) in [5.74, 6) is -0.403. The Morgan fingerprint density at radius 1 is 1.29 bits per heavy atom. The zero-order valence-corrected chi connectivity index (χ0v) is 9.75. The van der Waals surface area contributed by atoms with Crippen LogP contribution in [-0.4, -0.2) is 18.1 Å². The Morgan fingerprint density at radius 3 is 2.76 bits per heavy atom. The van der Waals surface area contributed by atoms with Crippen LogP contribution >= 0.6 is 0 Å². The number of rotatable bonds is 3. The first-order chi connectivity index (χ1) is 8.31. The van der Waals surface area contributed by atoms with Gasteiger partial charge in [0.2, 0.25) is 0 Å². The Balaban J connectivity index is 1.96. The van der Waals surface area contributed by atoms with Crippen molar-refractivity contribution in [3.8, 4) is 6.07 Å². The molecule has 0 amide bonds. The molecule has 17 heavy (non-hydrogen) atoms. The average Bonchev–Trinajstić information content (AvgIpc) is 2.39. The van der Waals surface area contributed by atoms with Crippen LogP contribution in [0.15, 0.2) is 18.2 Å². The molecule has 0 unspecified atom stereocenters. The topological polar surface area (TPSA) is 39.1 Å². The lowest BCUT2D eigenvalue weighted by Gasteiger charge is -2.27. The molecular formula is C13H16FN3. The van der Waals surface area contributed by atoms with Crippen LogP contribution in [0, 0.1) is 17.1 Å². The summed E-state index contributed by atoms with van der Waals surface area (Å²) in [7, 11) is 0. The molecule has 90 valence electrons. The van der Waals surface area contributed by atoms with Crippen LogP contribution in [0.2, 0.25) is 0 Å². The molecule has 0 saturated carbocycles. The van der Waals surface area contributed by atoms with E-state index in [0.717, 1.165) is 13.1 Å². The van der Waals surface area contributed by atoms with Crippen LogP contribution < -0.4 is 5.43 Å². The van der Waals surface area contributed by atoms with Gasteiger partial charge in [0.05, 0.1) is 5.56 Å². The van der Waals surface area contributed by atoms with Gasteiger partial charge >= 0.3 is 0 Å². The summed E-state index contributed by atoms with van der Waals surface area (Å²) in [6.07, 6.45) is 3.65. The summed E-state index contributed by atoms with van der Waals surface area (Å²) >= 11 is 0. The predicted molar refractivity (Wildman–Crippen MR) is 63.4 cm³/mol. The van der Waals surface area contributed by atoms with Crippen molar-refractivity contribution in [2.24, 2.45) is 0 Å². The summed E-state index contributed by atoms with van der Waals surface area (Å²) < 4.78 is 13.7. The summed E-state index contributed by atoms with van der Waals surface area (Å²) in [5.41, 5.74) is 3.88. The highest BCUT2D eigenvalue weighted by atomic mass is 19.1. The summed E-state index contributed by atoms with van der Waals surface area (Å²) in [6, 6.07) is 6.79. The molecule has 0 aliphatic carbocycles. The number of nitriles is 1. The number of halogens is 1. The van der Waals surface area contributed by atoms with E-state index in [1.807, 2.05) is 6.07 Å². The lowest BCUT2D eigenvalue weighted by molar-refractivity contribution is 0.150. The molecule has 1 aliphatic heterocycles. The normalized spacial score (nSPS) is 16.7. The molecule has 1 fully saturated rings. The number of hydrazine groups is 1. The molecule has 1 aromatic rings. The van der Waals surface area contributed by atoms with E-state index < -0.39 is 5.82 Å². The quantitative estimate of drug-likeness (QED) is 0.869. The second-order valence-corrected chi connectivity index (χ2v) is 4.27. The minimum Gasteiger partial charge on any atom is -0.251 e. The third kappa shape index (κ3) is 3.02. The molecular weight excluding hydrogens is 217 g/mol. The molecule has 1 aliphatic rings. The van der Waals surface area contributed by atoms with E-state index in [9.17, 15) is 4.39 Å². The van der Waals surface area contributed by atoms with Crippen molar-refractivity contribution in [3.05, 3.63) is 35.1 Å². The van der Waals surface area contributed by atoms with Gasteiger partial charge in [-0.2, -0.15) is 5.26 Å². The fourth-order valence-electron chi connectivity index (χ4n) is 2.05. The van der Waals surface area contributed by atoms with Gasteiger partial charge < -0.3 is 0 Å². The molecule has 1 N–H and O–H groups in total. The molecule has 0 radical (unpaired) electrons. The molecule has 1 saturated heterocycles. The highest BCUT2D eigenvalue weighted by molar-refractivity contribution is 5.34. The van der Waals surface area contributed by atoms with Crippen LogP contribution in [0.1, 0.15) is 30.4 Å².